The summed E-state index contributed by atoms with van der Waals surface area (Å²) < 4.78 is 15.7. The topological polar surface area (TPSA) is 85.9 Å². The lowest BCUT2D eigenvalue weighted by molar-refractivity contribution is -0.126. The van der Waals surface area contributed by atoms with Crippen LogP contribution in [0.4, 0.5) is 5.69 Å². The fraction of sp³-hybridized carbons (Fsp3) is 0.467. The lowest BCUT2D eigenvalue weighted by atomic mass is 10.2. The summed E-state index contributed by atoms with van der Waals surface area (Å²) in [6, 6.07) is 5.12. The Bertz CT molecular complexity index is 533. The second-order valence-electron chi connectivity index (χ2n) is 4.78. The number of anilines is 1. The van der Waals surface area contributed by atoms with Crippen molar-refractivity contribution in [2.24, 2.45) is 0 Å². The Hall–Kier alpha value is -2.28. The molecule has 0 fully saturated rings. The maximum absolute atomic E-state index is 11.8. The molecule has 1 aromatic carbocycles. The van der Waals surface area contributed by atoms with E-state index in [9.17, 15) is 9.59 Å². The van der Waals surface area contributed by atoms with Gasteiger partial charge in [-0.15, -0.1) is 0 Å². The van der Waals surface area contributed by atoms with Gasteiger partial charge in [0.05, 0.1) is 0 Å². The summed E-state index contributed by atoms with van der Waals surface area (Å²) in [6.45, 7) is 2.06. The number of rotatable bonds is 7. The molecule has 0 unspecified atom stereocenters. The SMILES string of the molecule is COCCCNC(=O)CC(=O)Nc1ccc2c(c1)OCCO2. The van der Waals surface area contributed by atoms with Crippen LogP contribution in [0.1, 0.15) is 12.8 Å². The quantitative estimate of drug-likeness (QED) is 0.578. The van der Waals surface area contributed by atoms with Gasteiger partial charge in [0, 0.05) is 32.0 Å². The van der Waals surface area contributed by atoms with Gasteiger partial charge in [0.1, 0.15) is 19.6 Å². The Kier molecular flexibility index (Phi) is 6.02. The number of methoxy groups -OCH3 is 1. The molecule has 1 aromatic rings. The van der Waals surface area contributed by atoms with Gasteiger partial charge in [-0.05, 0) is 18.6 Å². The highest BCUT2D eigenvalue weighted by Crippen LogP contribution is 2.32. The van der Waals surface area contributed by atoms with Crippen molar-refractivity contribution in [1.82, 2.24) is 5.32 Å². The first-order valence-electron chi connectivity index (χ1n) is 7.14. The largest absolute Gasteiger partial charge is 0.486 e. The minimum Gasteiger partial charge on any atom is -0.486 e. The van der Waals surface area contributed by atoms with E-state index in [2.05, 4.69) is 10.6 Å². The molecule has 7 nitrogen and oxygen atoms in total. The number of ether oxygens (including phenoxy) is 3. The van der Waals surface area contributed by atoms with Gasteiger partial charge in [0.2, 0.25) is 11.8 Å². The average molecular weight is 308 g/mol. The van der Waals surface area contributed by atoms with Gasteiger partial charge in [-0.3, -0.25) is 9.59 Å². The van der Waals surface area contributed by atoms with Gasteiger partial charge < -0.3 is 24.8 Å². The molecular weight excluding hydrogens is 288 g/mol. The number of fused-ring (bicyclic) bond motifs is 1. The number of hydrogen-bond acceptors (Lipinski definition) is 5. The van der Waals surface area contributed by atoms with E-state index >= 15 is 0 Å². The normalized spacial score (nSPS) is 12.6. The van der Waals surface area contributed by atoms with Gasteiger partial charge >= 0.3 is 0 Å². The minimum atomic E-state index is -0.374. The van der Waals surface area contributed by atoms with Crippen LogP contribution in [-0.2, 0) is 14.3 Å². The second-order valence-corrected chi connectivity index (χ2v) is 4.78. The minimum absolute atomic E-state index is 0.221. The maximum atomic E-state index is 11.8. The Balaban J connectivity index is 1.78. The molecule has 0 aromatic heterocycles. The molecule has 0 spiro atoms. The molecule has 0 saturated carbocycles. The summed E-state index contributed by atoms with van der Waals surface area (Å²) in [5.41, 5.74) is 0.571. The third-order valence-electron chi connectivity index (χ3n) is 2.99. The predicted octanol–water partition coefficient (Wildman–Crippen LogP) is 0.939. The van der Waals surface area contributed by atoms with Crippen LogP contribution in [0.3, 0.4) is 0 Å². The Labute approximate surface area is 128 Å². The summed E-state index contributed by atoms with van der Waals surface area (Å²) >= 11 is 0. The van der Waals surface area contributed by atoms with Crippen molar-refractivity contribution in [1.29, 1.82) is 0 Å². The molecule has 1 heterocycles. The maximum Gasteiger partial charge on any atom is 0.233 e. The monoisotopic (exact) mass is 308 g/mol. The first kappa shape index (κ1) is 16.1. The van der Waals surface area contributed by atoms with Crippen LogP contribution in [0.5, 0.6) is 11.5 Å². The van der Waals surface area contributed by atoms with Gasteiger partial charge in [-0.2, -0.15) is 0 Å². The summed E-state index contributed by atoms with van der Waals surface area (Å²) in [6.07, 6.45) is 0.493. The highest BCUT2D eigenvalue weighted by molar-refractivity contribution is 6.03. The standard InChI is InChI=1S/C15H20N2O5/c1-20-6-2-5-16-14(18)10-15(19)17-11-3-4-12-13(9-11)22-8-7-21-12/h3-4,9H,2,5-8,10H2,1H3,(H,16,18)(H,17,19). The lowest BCUT2D eigenvalue weighted by Crippen LogP contribution is -2.29. The van der Waals surface area contributed by atoms with Crippen LogP contribution in [0.15, 0.2) is 18.2 Å². The van der Waals surface area contributed by atoms with Crippen LogP contribution >= 0.6 is 0 Å². The Morgan fingerprint density at radius 1 is 1.18 bits per heavy atom. The van der Waals surface area contributed by atoms with E-state index < -0.39 is 0 Å². The highest BCUT2D eigenvalue weighted by Gasteiger charge is 2.14. The predicted molar refractivity (Wildman–Crippen MR) is 80.2 cm³/mol. The number of carbonyl (C=O) groups is 2. The lowest BCUT2D eigenvalue weighted by Gasteiger charge is -2.19. The van der Waals surface area contributed by atoms with Crippen LogP contribution in [0.25, 0.3) is 0 Å². The zero-order chi connectivity index (χ0) is 15.8. The van der Waals surface area contributed by atoms with Gasteiger partial charge in [-0.1, -0.05) is 0 Å². The molecule has 0 aliphatic carbocycles. The van der Waals surface area contributed by atoms with Gasteiger partial charge in [0.15, 0.2) is 11.5 Å². The molecule has 7 heteroatoms. The van der Waals surface area contributed by atoms with Crippen LogP contribution in [-0.4, -0.2) is 45.3 Å². The van der Waals surface area contributed by atoms with Gasteiger partial charge in [0.25, 0.3) is 0 Å². The molecule has 0 radical (unpaired) electrons. The summed E-state index contributed by atoms with van der Waals surface area (Å²) in [4.78, 5) is 23.4. The van der Waals surface area contributed by atoms with E-state index in [4.69, 9.17) is 14.2 Å². The van der Waals surface area contributed by atoms with Crippen molar-refractivity contribution in [3.8, 4) is 11.5 Å². The molecule has 0 atom stereocenters. The zero-order valence-corrected chi connectivity index (χ0v) is 12.5. The molecule has 0 saturated heterocycles. The summed E-state index contributed by atoms with van der Waals surface area (Å²) in [5, 5.41) is 5.32. The Morgan fingerprint density at radius 2 is 1.95 bits per heavy atom. The number of benzene rings is 1. The van der Waals surface area contributed by atoms with Crippen LogP contribution in [0.2, 0.25) is 0 Å². The van der Waals surface area contributed by atoms with Crippen molar-refractivity contribution in [3.05, 3.63) is 18.2 Å². The fourth-order valence-corrected chi connectivity index (χ4v) is 1.98. The van der Waals surface area contributed by atoms with Crippen molar-refractivity contribution in [2.75, 3.05) is 38.8 Å². The first-order chi connectivity index (χ1) is 10.7. The fourth-order valence-electron chi connectivity index (χ4n) is 1.98. The van der Waals surface area contributed by atoms with Crippen molar-refractivity contribution >= 4 is 17.5 Å². The van der Waals surface area contributed by atoms with Crippen LogP contribution < -0.4 is 20.1 Å². The smallest absolute Gasteiger partial charge is 0.233 e. The van der Waals surface area contributed by atoms with E-state index in [0.717, 1.165) is 0 Å². The molecule has 1 aliphatic heterocycles. The molecule has 0 bridgehead atoms. The highest BCUT2D eigenvalue weighted by atomic mass is 16.6. The number of nitrogens with one attached hydrogen (secondary N) is 2. The van der Waals surface area contributed by atoms with Crippen molar-refractivity contribution in [3.63, 3.8) is 0 Å². The molecule has 120 valence electrons. The van der Waals surface area contributed by atoms with E-state index in [1.807, 2.05) is 0 Å². The first-order valence-corrected chi connectivity index (χ1v) is 7.14. The summed E-state index contributed by atoms with van der Waals surface area (Å²) in [5.74, 6) is 0.556. The third kappa shape index (κ3) is 4.92. The summed E-state index contributed by atoms with van der Waals surface area (Å²) in [7, 11) is 1.60. The van der Waals surface area contributed by atoms with E-state index in [1.165, 1.54) is 0 Å². The van der Waals surface area contributed by atoms with Crippen molar-refractivity contribution < 1.29 is 23.8 Å². The second kappa shape index (κ2) is 8.23. The van der Waals surface area contributed by atoms with Gasteiger partial charge in [-0.25, -0.2) is 0 Å². The molecule has 2 N–H and O–H groups in total. The number of carbonyl (C=O) groups excluding carboxylic acids is 2. The molecule has 22 heavy (non-hydrogen) atoms. The number of amides is 2. The molecule has 2 amide bonds. The van der Waals surface area contributed by atoms with E-state index in [0.29, 0.717) is 50.0 Å². The average Bonchev–Trinajstić information content (AvgIpc) is 2.51. The van der Waals surface area contributed by atoms with E-state index in [-0.39, 0.29) is 18.2 Å². The van der Waals surface area contributed by atoms with Crippen LogP contribution in [0, 0.1) is 0 Å². The van der Waals surface area contributed by atoms with E-state index in [1.54, 1.807) is 25.3 Å². The Morgan fingerprint density at radius 3 is 2.73 bits per heavy atom. The van der Waals surface area contributed by atoms with Crippen molar-refractivity contribution in [2.45, 2.75) is 12.8 Å². The molecule has 2 rings (SSSR count). The third-order valence-corrected chi connectivity index (χ3v) is 2.99. The number of hydrogen-bond donors (Lipinski definition) is 2. The molecule has 1 aliphatic rings. The molecular formula is C15H20N2O5. The zero-order valence-electron chi connectivity index (χ0n) is 12.5.